The molecule has 4 heterocycles. The highest BCUT2D eigenvalue weighted by Gasteiger charge is 2.40. The van der Waals surface area contributed by atoms with E-state index in [0.29, 0.717) is 12.5 Å². The normalized spacial score (nSPS) is 21.5. The Bertz CT molecular complexity index is 807. The van der Waals surface area contributed by atoms with E-state index in [1.165, 1.54) is 5.57 Å². The molecule has 0 radical (unpaired) electrons. The number of allylic oxidation sites excluding steroid dienone is 2. The quantitative estimate of drug-likeness (QED) is 0.891. The van der Waals surface area contributed by atoms with Gasteiger partial charge < -0.3 is 14.8 Å². The summed E-state index contributed by atoms with van der Waals surface area (Å²) in [7, 11) is 0. The Labute approximate surface area is 126 Å². The molecule has 1 unspecified atom stereocenters. The van der Waals surface area contributed by atoms with Crippen molar-refractivity contribution in [2.45, 2.75) is 13.0 Å². The first-order chi connectivity index (χ1) is 10.9. The van der Waals surface area contributed by atoms with Gasteiger partial charge in [0.25, 0.3) is 0 Å². The van der Waals surface area contributed by atoms with Crippen LogP contribution in [0.15, 0.2) is 42.1 Å². The van der Waals surface area contributed by atoms with E-state index < -0.39 is 0 Å². The molecular formula is C16H14N4O2. The van der Waals surface area contributed by atoms with Crippen LogP contribution in [-0.2, 0) is 16.1 Å². The molecule has 0 aromatic carbocycles. The molecule has 5 rings (SSSR count). The van der Waals surface area contributed by atoms with Crippen molar-refractivity contribution in [3.63, 3.8) is 0 Å². The number of aromatic nitrogens is 3. The molecule has 1 aliphatic carbocycles. The van der Waals surface area contributed by atoms with Crippen LogP contribution in [0, 0.1) is 5.92 Å². The van der Waals surface area contributed by atoms with Crippen molar-refractivity contribution in [3.05, 3.63) is 53.4 Å². The van der Waals surface area contributed by atoms with Crippen LogP contribution in [0.3, 0.4) is 0 Å². The zero-order valence-electron chi connectivity index (χ0n) is 11.8. The minimum Gasteiger partial charge on any atom is -0.497 e. The van der Waals surface area contributed by atoms with Gasteiger partial charge in [-0.15, -0.1) is 0 Å². The Morgan fingerprint density at radius 3 is 3.23 bits per heavy atom. The van der Waals surface area contributed by atoms with E-state index in [1.54, 1.807) is 12.4 Å². The second-order valence-electron chi connectivity index (χ2n) is 5.60. The summed E-state index contributed by atoms with van der Waals surface area (Å²) in [6.45, 7) is 1.28. The number of rotatable bonds is 2. The lowest BCUT2D eigenvalue weighted by Crippen LogP contribution is -2.09. The van der Waals surface area contributed by atoms with Crippen molar-refractivity contribution in [2.24, 2.45) is 5.92 Å². The maximum absolute atomic E-state index is 5.84. The molecular weight excluding hydrogens is 280 g/mol. The topological polar surface area (TPSA) is 72.1 Å². The molecule has 2 aromatic rings. The molecule has 1 saturated heterocycles. The van der Waals surface area contributed by atoms with Gasteiger partial charge in [-0.3, -0.25) is 10.1 Å². The summed E-state index contributed by atoms with van der Waals surface area (Å²) in [6, 6.07) is 3.87. The van der Waals surface area contributed by atoms with Crippen LogP contribution in [0.25, 0.3) is 5.57 Å². The lowest BCUT2D eigenvalue weighted by atomic mass is 9.91. The van der Waals surface area contributed by atoms with Gasteiger partial charge in [-0.05, 0) is 18.6 Å². The van der Waals surface area contributed by atoms with Gasteiger partial charge in [0.15, 0.2) is 5.82 Å². The van der Waals surface area contributed by atoms with Crippen LogP contribution in [0.5, 0.6) is 0 Å². The maximum atomic E-state index is 5.84. The Morgan fingerprint density at radius 2 is 2.32 bits per heavy atom. The molecule has 2 aliphatic heterocycles. The first-order valence-electron chi connectivity index (χ1n) is 7.36. The molecule has 110 valence electrons. The predicted molar refractivity (Wildman–Crippen MR) is 80.0 cm³/mol. The van der Waals surface area contributed by atoms with Crippen molar-refractivity contribution < 1.29 is 9.47 Å². The largest absolute Gasteiger partial charge is 0.497 e. The summed E-state index contributed by atoms with van der Waals surface area (Å²) in [4.78, 5) is 4.13. The third-order valence-electron chi connectivity index (χ3n) is 4.31. The van der Waals surface area contributed by atoms with Crippen LogP contribution in [-0.4, -0.2) is 21.8 Å². The van der Waals surface area contributed by atoms with Crippen molar-refractivity contribution in [3.8, 4) is 0 Å². The molecule has 1 atom stereocenters. The number of aromatic amines is 1. The Hall–Kier alpha value is -2.76. The standard InChI is InChI=1S/C16H14N4O2/c1-2-9(7-17-4-1)18-16-15-11(19-20-16)8-22-13-6-12-10(14(13)15)3-5-21-12/h1-2,4,6-7,10H,3,5,8H2,(H2,18,19,20). The molecule has 2 aromatic heterocycles. The highest BCUT2D eigenvalue weighted by atomic mass is 16.5. The van der Waals surface area contributed by atoms with Gasteiger partial charge in [-0.25, -0.2) is 0 Å². The molecule has 1 fully saturated rings. The van der Waals surface area contributed by atoms with Gasteiger partial charge in [0, 0.05) is 23.8 Å². The first kappa shape index (κ1) is 11.9. The van der Waals surface area contributed by atoms with Gasteiger partial charge in [0.1, 0.15) is 18.1 Å². The predicted octanol–water partition coefficient (Wildman–Crippen LogP) is 2.72. The Morgan fingerprint density at radius 1 is 1.32 bits per heavy atom. The summed E-state index contributed by atoms with van der Waals surface area (Å²) < 4.78 is 11.5. The number of H-pyrrole nitrogens is 1. The molecule has 2 N–H and O–H groups in total. The average Bonchev–Trinajstić information content (AvgIpc) is 3.22. The van der Waals surface area contributed by atoms with Crippen molar-refractivity contribution in [2.75, 3.05) is 11.9 Å². The zero-order chi connectivity index (χ0) is 14.5. The summed E-state index contributed by atoms with van der Waals surface area (Å²) in [5.74, 6) is 3.05. The Balaban J connectivity index is 1.58. The number of anilines is 2. The molecule has 0 saturated carbocycles. The molecule has 22 heavy (non-hydrogen) atoms. The lowest BCUT2D eigenvalue weighted by Gasteiger charge is -2.19. The van der Waals surface area contributed by atoms with Gasteiger partial charge in [0.2, 0.25) is 0 Å². The van der Waals surface area contributed by atoms with E-state index in [4.69, 9.17) is 9.47 Å². The molecule has 6 heteroatoms. The molecule has 6 nitrogen and oxygen atoms in total. The van der Waals surface area contributed by atoms with Crippen molar-refractivity contribution in [1.29, 1.82) is 0 Å². The second-order valence-corrected chi connectivity index (χ2v) is 5.60. The number of ether oxygens (including phenoxy) is 2. The fourth-order valence-electron chi connectivity index (χ4n) is 3.35. The summed E-state index contributed by atoms with van der Waals surface area (Å²) in [5.41, 5.74) is 4.23. The highest BCUT2D eigenvalue weighted by Crippen LogP contribution is 2.49. The van der Waals surface area contributed by atoms with Crippen LogP contribution < -0.4 is 5.32 Å². The number of hydrogen-bond donors (Lipinski definition) is 2. The van der Waals surface area contributed by atoms with Crippen LogP contribution in [0.4, 0.5) is 11.5 Å². The third-order valence-corrected chi connectivity index (χ3v) is 4.31. The monoisotopic (exact) mass is 294 g/mol. The SMILES string of the molecule is C1=C2OCCC2C2=C1OCc1[nH]nc(Nc3cccnc3)c12. The van der Waals surface area contributed by atoms with E-state index in [2.05, 4.69) is 20.5 Å². The van der Waals surface area contributed by atoms with Gasteiger partial charge in [0.05, 0.1) is 29.7 Å². The molecule has 0 spiro atoms. The zero-order valence-corrected chi connectivity index (χ0v) is 11.8. The maximum Gasteiger partial charge on any atom is 0.160 e. The average molecular weight is 294 g/mol. The van der Waals surface area contributed by atoms with E-state index in [0.717, 1.165) is 47.3 Å². The number of pyridine rings is 1. The summed E-state index contributed by atoms with van der Waals surface area (Å²) in [6.07, 6.45) is 6.55. The smallest absolute Gasteiger partial charge is 0.160 e. The summed E-state index contributed by atoms with van der Waals surface area (Å²) in [5, 5.41) is 10.9. The number of nitrogens with one attached hydrogen (secondary N) is 2. The highest BCUT2D eigenvalue weighted by molar-refractivity contribution is 5.85. The summed E-state index contributed by atoms with van der Waals surface area (Å²) >= 11 is 0. The number of fused-ring (bicyclic) bond motifs is 4. The number of hydrogen-bond acceptors (Lipinski definition) is 5. The van der Waals surface area contributed by atoms with Crippen LogP contribution >= 0.6 is 0 Å². The molecule has 3 aliphatic rings. The van der Waals surface area contributed by atoms with E-state index in [-0.39, 0.29) is 0 Å². The van der Waals surface area contributed by atoms with Crippen LogP contribution in [0.1, 0.15) is 17.7 Å². The van der Waals surface area contributed by atoms with E-state index in [9.17, 15) is 0 Å². The molecule has 0 amide bonds. The van der Waals surface area contributed by atoms with Gasteiger partial charge >= 0.3 is 0 Å². The number of nitrogens with zero attached hydrogens (tertiary/aromatic N) is 2. The van der Waals surface area contributed by atoms with Gasteiger partial charge in [-0.1, -0.05) is 0 Å². The van der Waals surface area contributed by atoms with Crippen LogP contribution in [0.2, 0.25) is 0 Å². The van der Waals surface area contributed by atoms with E-state index >= 15 is 0 Å². The second kappa shape index (κ2) is 4.37. The minimum absolute atomic E-state index is 0.293. The van der Waals surface area contributed by atoms with Crippen molar-refractivity contribution in [1.82, 2.24) is 15.2 Å². The van der Waals surface area contributed by atoms with E-state index in [1.807, 2.05) is 18.2 Å². The lowest BCUT2D eigenvalue weighted by molar-refractivity contribution is 0.201. The molecule has 0 bridgehead atoms. The van der Waals surface area contributed by atoms with Crippen molar-refractivity contribution >= 4 is 17.1 Å². The Kier molecular flexibility index (Phi) is 2.35. The third kappa shape index (κ3) is 1.60. The minimum atomic E-state index is 0.293. The fraction of sp³-hybridized carbons (Fsp3) is 0.250. The fourth-order valence-corrected chi connectivity index (χ4v) is 3.35. The van der Waals surface area contributed by atoms with Gasteiger partial charge in [-0.2, -0.15) is 5.10 Å². The first-order valence-corrected chi connectivity index (χ1v) is 7.36.